The Hall–Kier alpha value is -1.56. The van der Waals surface area contributed by atoms with Gasteiger partial charge in [0.2, 0.25) is 0 Å². The van der Waals surface area contributed by atoms with Crippen molar-refractivity contribution in [2.75, 3.05) is 0 Å². The summed E-state index contributed by atoms with van der Waals surface area (Å²) < 4.78 is 0. The summed E-state index contributed by atoms with van der Waals surface area (Å²) in [6.07, 6.45) is 3.62. The third kappa shape index (κ3) is 4.79. The first-order valence-electron chi connectivity index (χ1n) is 4.41. The Morgan fingerprint density at radius 2 is 1.38 bits per heavy atom. The summed E-state index contributed by atoms with van der Waals surface area (Å²) in [5.41, 5.74) is 2.45. The van der Waals surface area contributed by atoms with Gasteiger partial charge in [-0.15, -0.1) is 0 Å². The number of hydrogen-bond acceptors (Lipinski definition) is 2. The van der Waals surface area contributed by atoms with Gasteiger partial charge in [-0.3, -0.25) is 9.78 Å². The van der Waals surface area contributed by atoms with Crippen LogP contribution in [0.3, 0.4) is 0 Å². The number of hydrogen-bond donors (Lipinski definition) is 1. The van der Waals surface area contributed by atoms with Crippen molar-refractivity contribution < 1.29 is 9.90 Å². The van der Waals surface area contributed by atoms with E-state index in [2.05, 4.69) is 17.1 Å². The average Bonchev–Trinajstić information content (AvgIpc) is 2.32. The van der Waals surface area contributed by atoms with Crippen LogP contribution in [0, 0.1) is 0 Å². The first kappa shape index (κ1) is 14.4. The van der Waals surface area contributed by atoms with Gasteiger partial charge in [0, 0.05) is 12.4 Å². The predicted molar refractivity (Wildman–Crippen MR) is 65.5 cm³/mol. The molecule has 0 fully saturated rings. The molecule has 0 atom stereocenters. The SMILES string of the molecule is O=CO.[LiH].c1ccc(-c2ccncc2)cc1. The van der Waals surface area contributed by atoms with E-state index in [1.807, 2.05) is 42.7 Å². The second-order valence-corrected chi connectivity index (χ2v) is 2.71. The van der Waals surface area contributed by atoms with Gasteiger partial charge in [0.1, 0.15) is 0 Å². The fourth-order valence-corrected chi connectivity index (χ4v) is 1.17. The third-order valence-electron chi connectivity index (χ3n) is 1.79. The van der Waals surface area contributed by atoms with E-state index in [0.29, 0.717) is 0 Å². The third-order valence-corrected chi connectivity index (χ3v) is 1.79. The van der Waals surface area contributed by atoms with Crippen molar-refractivity contribution in [2.45, 2.75) is 0 Å². The van der Waals surface area contributed by atoms with E-state index in [1.165, 1.54) is 11.1 Å². The number of benzene rings is 1. The van der Waals surface area contributed by atoms with Crippen molar-refractivity contribution in [1.29, 1.82) is 0 Å². The van der Waals surface area contributed by atoms with Crippen LogP contribution >= 0.6 is 0 Å². The topological polar surface area (TPSA) is 50.2 Å². The summed E-state index contributed by atoms with van der Waals surface area (Å²) in [5, 5.41) is 6.89. The molecular formula is C12H12LiNO2. The first-order valence-corrected chi connectivity index (χ1v) is 4.41. The summed E-state index contributed by atoms with van der Waals surface area (Å²) in [5.74, 6) is 0. The zero-order valence-corrected chi connectivity index (χ0v) is 8.08. The summed E-state index contributed by atoms with van der Waals surface area (Å²) in [6, 6.07) is 14.3. The molecule has 0 saturated heterocycles. The summed E-state index contributed by atoms with van der Waals surface area (Å²) in [4.78, 5) is 12.3. The summed E-state index contributed by atoms with van der Waals surface area (Å²) >= 11 is 0. The van der Waals surface area contributed by atoms with Crippen molar-refractivity contribution in [3.63, 3.8) is 0 Å². The van der Waals surface area contributed by atoms with E-state index in [4.69, 9.17) is 9.90 Å². The Kier molecular flexibility index (Phi) is 7.87. The molecule has 1 N–H and O–H groups in total. The molecule has 2 rings (SSSR count). The molecule has 0 saturated carbocycles. The van der Waals surface area contributed by atoms with Crippen LogP contribution in [0.4, 0.5) is 0 Å². The molecule has 0 aliphatic carbocycles. The first-order chi connectivity index (χ1) is 7.38. The number of aromatic nitrogens is 1. The fraction of sp³-hybridized carbons (Fsp3) is 0. The predicted octanol–water partition coefficient (Wildman–Crippen LogP) is 1.80. The van der Waals surface area contributed by atoms with Gasteiger partial charge in [-0.05, 0) is 23.3 Å². The molecule has 1 aromatic carbocycles. The van der Waals surface area contributed by atoms with Crippen molar-refractivity contribution in [3.8, 4) is 11.1 Å². The Morgan fingerprint density at radius 1 is 0.938 bits per heavy atom. The minimum absolute atomic E-state index is 0. The Morgan fingerprint density at radius 3 is 1.88 bits per heavy atom. The second kappa shape index (κ2) is 8.72. The maximum absolute atomic E-state index is 8.36. The van der Waals surface area contributed by atoms with Gasteiger partial charge in [0.05, 0.1) is 0 Å². The molecule has 0 amide bonds. The number of carboxylic acid groups (broad SMARTS) is 1. The van der Waals surface area contributed by atoms with Crippen LogP contribution in [-0.4, -0.2) is 35.4 Å². The van der Waals surface area contributed by atoms with Crippen molar-refractivity contribution in [2.24, 2.45) is 0 Å². The van der Waals surface area contributed by atoms with Gasteiger partial charge >= 0.3 is 18.9 Å². The zero-order chi connectivity index (χ0) is 10.9. The van der Waals surface area contributed by atoms with Crippen LogP contribution in [0.1, 0.15) is 0 Å². The van der Waals surface area contributed by atoms with E-state index < -0.39 is 0 Å². The zero-order valence-electron chi connectivity index (χ0n) is 8.08. The average molecular weight is 209 g/mol. The van der Waals surface area contributed by atoms with Crippen molar-refractivity contribution in [1.82, 2.24) is 4.98 Å². The summed E-state index contributed by atoms with van der Waals surface area (Å²) in [6.45, 7) is -0.250. The van der Waals surface area contributed by atoms with E-state index in [1.54, 1.807) is 0 Å². The Balaban J connectivity index is 0.000000511. The molecule has 78 valence electrons. The maximum atomic E-state index is 8.36. The van der Waals surface area contributed by atoms with E-state index >= 15 is 0 Å². The normalized spacial score (nSPS) is 8.00. The number of nitrogens with zero attached hydrogens (tertiary/aromatic N) is 1. The molecule has 3 nitrogen and oxygen atoms in total. The minimum Gasteiger partial charge on any atom is -0.265 e. The van der Waals surface area contributed by atoms with Crippen LogP contribution in [-0.2, 0) is 4.79 Å². The second-order valence-electron chi connectivity index (χ2n) is 2.71. The largest absolute Gasteiger partial charge is 0.265 e. The van der Waals surface area contributed by atoms with Crippen LogP contribution < -0.4 is 0 Å². The number of rotatable bonds is 1. The van der Waals surface area contributed by atoms with Gasteiger partial charge < -0.3 is 5.11 Å². The fourth-order valence-electron chi connectivity index (χ4n) is 1.17. The maximum Gasteiger partial charge on any atom is 0.0273 e. The van der Waals surface area contributed by atoms with Gasteiger partial charge in [-0.2, -0.15) is 0 Å². The van der Waals surface area contributed by atoms with E-state index in [-0.39, 0.29) is 25.3 Å². The van der Waals surface area contributed by atoms with Crippen LogP contribution in [0.5, 0.6) is 0 Å². The van der Waals surface area contributed by atoms with Crippen LogP contribution in [0.25, 0.3) is 11.1 Å². The van der Waals surface area contributed by atoms with Gasteiger partial charge in [0.25, 0.3) is 6.47 Å². The Bertz CT molecular complexity index is 355. The van der Waals surface area contributed by atoms with Gasteiger partial charge in [-0.1, -0.05) is 30.3 Å². The number of pyridine rings is 1. The quantitative estimate of drug-likeness (QED) is 0.575. The molecule has 0 spiro atoms. The van der Waals surface area contributed by atoms with E-state index in [0.717, 1.165) is 0 Å². The number of carbonyl (C=O) groups is 1. The smallest absolute Gasteiger partial charge is 0.0273 e. The van der Waals surface area contributed by atoms with Crippen LogP contribution in [0.2, 0.25) is 0 Å². The standard InChI is InChI=1S/C11H9N.CH2O2.Li.H/c1-2-4-10(5-3-1)11-6-8-12-9-7-11;2-1-3;;/h1-9H;1H,(H,2,3);;. The molecule has 0 radical (unpaired) electrons. The minimum atomic E-state index is -0.250. The molecule has 1 aromatic heterocycles. The van der Waals surface area contributed by atoms with Gasteiger partial charge in [-0.25, -0.2) is 0 Å². The van der Waals surface area contributed by atoms with Crippen molar-refractivity contribution >= 4 is 25.3 Å². The molecule has 4 heteroatoms. The molecule has 2 aromatic rings. The Labute approximate surface area is 106 Å². The molecule has 0 aliphatic heterocycles. The van der Waals surface area contributed by atoms with Gasteiger partial charge in [0.15, 0.2) is 0 Å². The van der Waals surface area contributed by atoms with Crippen molar-refractivity contribution in [3.05, 3.63) is 54.9 Å². The van der Waals surface area contributed by atoms with E-state index in [9.17, 15) is 0 Å². The van der Waals surface area contributed by atoms with Crippen LogP contribution in [0.15, 0.2) is 54.9 Å². The summed E-state index contributed by atoms with van der Waals surface area (Å²) in [7, 11) is 0. The molecule has 0 aliphatic rings. The monoisotopic (exact) mass is 209 g/mol. The molecule has 16 heavy (non-hydrogen) atoms. The molecular weight excluding hydrogens is 197 g/mol. The molecule has 0 unspecified atom stereocenters. The molecule has 1 heterocycles. The molecule has 0 bridgehead atoms.